The molecule has 0 unspecified atom stereocenters. The second-order valence-electron chi connectivity index (χ2n) is 16.3. The summed E-state index contributed by atoms with van der Waals surface area (Å²) in [5.74, 6) is 0.728. The number of nitrogens with zero attached hydrogens (tertiary/aromatic N) is 4. The lowest BCUT2D eigenvalue weighted by Crippen LogP contribution is -2.29. The largest absolute Gasteiger partial charge is 0.507 e. The molecule has 3 aliphatic rings. The Morgan fingerprint density at radius 2 is 0.957 bits per heavy atom. The number of benzene rings is 2. The number of hydrogen-bond donors (Lipinski definition) is 2. The highest BCUT2D eigenvalue weighted by Crippen LogP contribution is 2.34. The van der Waals surface area contributed by atoms with Gasteiger partial charge in [0.2, 0.25) is 0 Å². The Kier molecular flexibility index (Phi) is 11.3. The molecule has 1 saturated carbocycles. The maximum atomic E-state index is 11.4. The van der Waals surface area contributed by atoms with Gasteiger partial charge in [-0.3, -0.25) is 19.8 Å². The first-order valence-corrected chi connectivity index (χ1v) is 18.1. The normalized spacial score (nSPS) is 22.7. The summed E-state index contributed by atoms with van der Waals surface area (Å²) in [4.78, 5) is 15.2. The molecule has 2 atom stereocenters. The van der Waals surface area contributed by atoms with E-state index in [4.69, 9.17) is 9.98 Å². The molecule has 3 fully saturated rings. The van der Waals surface area contributed by atoms with Crippen molar-refractivity contribution < 1.29 is 10.2 Å². The summed E-state index contributed by atoms with van der Waals surface area (Å²) in [5.41, 5.74) is 6.03. The van der Waals surface area contributed by atoms with Gasteiger partial charge in [-0.2, -0.15) is 0 Å². The van der Waals surface area contributed by atoms with Crippen LogP contribution in [-0.2, 0) is 23.9 Å². The van der Waals surface area contributed by atoms with E-state index in [0.717, 1.165) is 87.2 Å². The minimum atomic E-state index is -0.0267. The highest BCUT2D eigenvalue weighted by molar-refractivity contribution is 5.86. The molecule has 46 heavy (non-hydrogen) atoms. The van der Waals surface area contributed by atoms with Crippen molar-refractivity contribution in [2.75, 3.05) is 26.2 Å². The van der Waals surface area contributed by atoms with Crippen LogP contribution in [0.4, 0.5) is 0 Å². The number of phenols is 2. The van der Waals surface area contributed by atoms with Crippen LogP contribution in [0.25, 0.3) is 0 Å². The van der Waals surface area contributed by atoms with Crippen LogP contribution in [0.1, 0.15) is 139 Å². The quantitative estimate of drug-likeness (QED) is 0.288. The van der Waals surface area contributed by atoms with Gasteiger partial charge in [-0.05, 0) is 98.8 Å². The van der Waals surface area contributed by atoms with Crippen LogP contribution in [0, 0.1) is 0 Å². The fraction of sp³-hybridized carbons (Fsp3) is 0.650. The van der Waals surface area contributed by atoms with Gasteiger partial charge in [-0.15, -0.1) is 0 Å². The molecule has 6 heteroatoms. The first-order chi connectivity index (χ1) is 21.9. The summed E-state index contributed by atoms with van der Waals surface area (Å²) >= 11 is 0. The lowest BCUT2D eigenvalue weighted by molar-refractivity contribution is 0.218. The zero-order valence-electron chi connectivity index (χ0n) is 29.6. The monoisotopic (exact) mass is 628 g/mol. The Bertz CT molecular complexity index is 1270. The van der Waals surface area contributed by atoms with Gasteiger partial charge in [0.15, 0.2) is 0 Å². The summed E-state index contributed by atoms with van der Waals surface area (Å²) in [5, 5.41) is 22.9. The number of aromatic hydroxyl groups is 2. The molecular weight excluding hydrogens is 568 g/mol. The van der Waals surface area contributed by atoms with E-state index in [9.17, 15) is 10.2 Å². The fourth-order valence-electron chi connectivity index (χ4n) is 7.25. The summed E-state index contributed by atoms with van der Waals surface area (Å²) in [7, 11) is 0. The van der Waals surface area contributed by atoms with Crippen molar-refractivity contribution in [2.24, 2.45) is 9.98 Å². The molecule has 2 N–H and O–H groups in total. The zero-order chi connectivity index (χ0) is 32.9. The predicted octanol–water partition coefficient (Wildman–Crippen LogP) is 8.51. The third-order valence-corrected chi connectivity index (χ3v) is 10.4. The van der Waals surface area contributed by atoms with Gasteiger partial charge in [-0.25, -0.2) is 0 Å². The topological polar surface area (TPSA) is 71.7 Å². The Labute approximate surface area is 279 Å². The van der Waals surface area contributed by atoms with E-state index >= 15 is 0 Å². The van der Waals surface area contributed by atoms with Crippen molar-refractivity contribution in [1.29, 1.82) is 0 Å². The van der Waals surface area contributed by atoms with E-state index in [1.165, 1.54) is 49.7 Å². The molecule has 2 heterocycles. The highest BCUT2D eigenvalue weighted by Gasteiger charge is 2.26. The van der Waals surface area contributed by atoms with Crippen LogP contribution in [0.15, 0.2) is 34.3 Å². The van der Waals surface area contributed by atoms with Gasteiger partial charge < -0.3 is 10.2 Å². The average molecular weight is 629 g/mol. The third kappa shape index (κ3) is 9.01. The molecule has 1 aliphatic carbocycles. The number of likely N-dealkylation sites (tertiary alicyclic amines) is 2. The molecule has 0 bridgehead atoms. The second kappa shape index (κ2) is 15.0. The summed E-state index contributed by atoms with van der Waals surface area (Å²) in [6.45, 7) is 19.4. The fourth-order valence-corrected chi connectivity index (χ4v) is 7.25. The lowest BCUT2D eigenvalue weighted by atomic mass is 9.84. The summed E-state index contributed by atoms with van der Waals surface area (Å²) in [6.07, 6.45) is 15.6. The number of rotatable bonds is 8. The van der Waals surface area contributed by atoms with Crippen LogP contribution < -0.4 is 0 Å². The molecule has 6 nitrogen and oxygen atoms in total. The molecule has 0 spiro atoms. The summed E-state index contributed by atoms with van der Waals surface area (Å²) < 4.78 is 0. The number of phenolic OH excluding ortho intramolecular Hbond substituents is 2. The van der Waals surface area contributed by atoms with Gasteiger partial charge in [0.1, 0.15) is 11.5 Å². The van der Waals surface area contributed by atoms with Crippen molar-refractivity contribution in [2.45, 2.75) is 142 Å². The first kappa shape index (κ1) is 34.6. The predicted molar refractivity (Wildman–Crippen MR) is 193 cm³/mol. The molecule has 0 amide bonds. The van der Waals surface area contributed by atoms with Crippen molar-refractivity contribution in [3.05, 3.63) is 57.6 Å². The van der Waals surface area contributed by atoms with Crippen LogP contribution in [0.2, 0.25) is 0 Å². The standard InChI is InChI=1S/C40H60N4O2/c1-39(2,3)33-21-29(37(45)31(23-33)27-43-17-11-7-12-18-43)25-41-35-15-9-10-16-36(35)42-26-30-22-34(40(4,5)6)24-32(38(30)46)28-44-19-13-8-14-20-44/h21-26,35-36,45-46H,7-20,27-28H2,1-6H3/t35-,36-/m0/s1. The Morgan fingerprint density at radius 1 is 0.587 bits per heavy atom. The van der Waals surface area contributed by atoms with Crippen molar-refractivity contribution in [1.82, 2.24) is 9.80 Å². The average Bonchev–Trinajstić information content (AvgIpc) is 3.02. The van der Waals surface area contributed by atoms with E-state index in [1.54, 1.807) is 0 Å². The van der Waals surface area contributed by atoms with Crippen molar-refractivity contribution in [3.8, 4) is 11.5 Å². The van der Waals surface area contributed by atoms with Crippen molar-refractivity contribution in [3.63, 3.8) is 0 Å². The SMILES string of the molecule is CC(C)(C)c1cc(C=N[C@H]2CCCC[C@@H]2N=Cc2cc(C(C)(C)C)cc(CN3CCCCC3)c2O)c(O)c(CN2CCCCC2)c1. The van der Waals surface area contributed by atoms with Crippen molar-refractivity contribution >= 4 is 12.4 Å². The minimum absolute atomic E-state index is 0.0267. The smallest absolute Gasteiger partial charge is 0.128 e. The van der Waals surface area contributed by atoms with Gasteiger partial charge in [0.25, 0.3) is 0 Å². The molecule has 5 rings (SSSR count). The molecule has 2 saturated heterocycles. The molecule has 252 valence electrons. The minimum Gasteiger partial charge on any atom is -0.507 e. The maximum absolute atomic E-state index is 11.4. The molecule has 0 aromatic heterocycles. The molecule has 0 radical (unpaired) electrons. The van der Waals surface area contributed by atoms with Gasteiger partial charge in [0.05, 0.1) is 12.1 Å². The highest BCUT2D eigenvalue weighted by atomic mass is 16.3. The Morgan fingerprint density at radius 3 is 1.30 bits per heavy atom. The van der Waals surface area contributed by atoms with E-state index in [0.29, 0.717) is 11.5 Å². The van der Waals surface area contributed by atoms with Gasteiger partial charge >= 0.3 is 0 Å². The molecule has 2 aromatic carbocycles. The maximum Gasteiger partial charge on any atom is 0.128 e. The first-order valence-electron chi connectivity index (χ1n) is 18.1. The van der Waals surface area contributed by atoms with Gasteiger partial charge in [0, 0.05) is 47.8 Å². The third-order valence-electron chi connectivity index (χ3n) is 10.4. The van der Waals surface area contributed by atoms with E-state index in [-0.39, 0.29) is 22.9 Å². The summed E-state index contributed by atoms with van der Waals surface area (Å²) in [6, 6.07) is 8.75. The number of hydrogen-bond acceptors (Lipinski definition) is 6. The number of aliphatic imine (C=N–C) groups is 2. The zero-order valence-corrected chi connectivity index (χ0v) is 29.6. The number of piperidine rings is 2. The van der Waals surface area contributed by atoms with E-state index in [1.807, 2.05) is 12.4 Å². The lowest BCUT2D eigenvalue weighted by Gasteiger charge is -2.29. The van der Waals surface area contributed by atoms with E-state index in [2.05, 4.69) is 75.6 Å². The van der Waals surface area contributed by atoms with Gasteiger partial charge in [-0.1, -0.05) is 79.4 Å². The molecule has 2 aromatic rings. The Balaban J connectivity index is 1.39. The van der Waals surface area contributed by atoms with Crippen LogP contribution >= 0.6 is 0 Å². The Hall–Kier alpha value is -2.70. The van der Waals surface area contributed by atoms with Crippen LogP contribution in [-0.4, -0.2) is 70.7 Å². The second-order valence-corrected chi connectivity index (χ2v) is 16.3. The van der Waals surface area contributed by atoms with Crippen LogP contribution in [0.3, 0.4) is 0 Å². The van der Waals surface area contributed by atoms with E-state index < -0.39 is 0 Å². The molecule has 2 aliphatic heterocycles. The van der Waals surface area contributed by atoms with Crippen LogP contribution in [0.5, 0.6) is 11.5 Å². The molecular formula is C40H60N4O2.